The third-order valence-corrected chi connectivity index (χ3v) is 10.7. The third kappa shape index (κ3) is 7.00. The third-order valence-electron chi connectivity index (χ3n) is 10.7. The number of carbonyl (C=O) groups is 2. The normalized spacial score (nSPS) is 28.3. The van der Waals surface area contributed by atoms with Crippen LogP contribution in [0.4, 0.5) is 10.1 Å². The fourth-order valence-electron chi connectivity index (χ4n) is 7.07. The van der Waals surface area contributed by atoms with Gasteiger partial charge in [0, 0.05) is 47.8 Å². The Bertz CT molecular complexity index is 1490. The van der Waals surface area contributed by atoms with E-state index in [0.29, 0.717) is 23.1 Å². The Morgan fingerprint density at radius 3 is 2.54 bits per heavy atom. The Kier molecular flexibility index (Phi) is 10.7. The van der Waals surface area contributed by atoms with Gasteiger partial charge >= 0.3 is 5.97 Å². The summed E-state index contributed by atoms with van der Waals surface area (Å²) >= 11 is 0. The highest BCUT2D eigenvalue weighted by Gasteiger charge is 2.51. The van der Waals surface area contributed by atoms with E-state index in [-0.39, 0.29) is 53.1 Å². The Hall–Kier alpha value is -3.70. The topological polar surface area (TPSA) is 151 Å². The Balaban J connectivity index is 1.70. The maximum Gasteiger partial charge on any atom is 0.335 e. The molecule has 11 nitrogen and oxygen atoms in total. The van der Waals surface area contributed by atoms with Crippen LogP contribution in [0.25, 0.3) is 21.6 Å². The number of carboxylic acid groups (broad SMARTS) is 1. The van der Waals surface area contributed by atoms with Gasteiger partial charge < -0.3 is 20.4 Å². The number of aromatic carboxylic acids is 1. The number of hydrogen-bond acceptors (Lipinski definition) is 7. The van der Waals surface area contributed by atoms with Crippen LogP contribution in [-0.2, 0) is 16.2 Å². The van der Waals surface area contributed by atoms with Crippen molar-refractivity contribution in [1.82, 2.24) is 10.4 Å². The first-order chi connectivity index (χ1) is 21.6. The van der Waals surface area contributed by atoms with E-state index in [2.05, 4.69) is 50.0 Å². The second kappa shape index (κ2) is 14.0. The lowest BCUT2D eigenvalue weighted by Crippen LogP contribution is -2.56. The van der Waals surface area contributed by atoms with E-state index in [1.165, 1.54) is 17.2 Å². The average Bonchev–Trinajstić information content (AvgIpc) is 3.37. The number of carbonyl (C=O) groups excluding carboxylic acids is 1. The van der Waals surface area contributed by atoms with E-state index >= 15 is 4.39 Å². The second-order valence-electron chi connectivity index (χ2n) is 13.9. The zero-order valence-electron chi connectivity index (χ0n) is 27.9. The van der Waals surface area contributed by atoms with Gasteiger partial charge in [0.25, 0.3) is 0 Å². The van der Waals surface area contributed by atoms with Crippen LogP contribution in [0, 0.1) is 34.9 Å². The fraction of sp³-hybridized carbons (Fsp3) is 0.588. The maximum atomic E-state index is 16.3. The van der Waals surface area contributed by atoms with Crippen molar-refractivity contribution in [3.8, 4) is 11.1 Å². The molecule has 46 heavy (non-hydrogen) atoms. The van der Waals surface area contributed by atoms with Gasteiger partial charge in [0.2, 0.25) is 5.91 Å². The molecular weight excluding hydrogens is 591 g/mol. The van der Waals surface area contributed by atoms with E-state index in [1.54, 1.807) is 50.2 Å². The van der Waals surface area contributed by atoms with Gasteiger partial charge in [0.05, 0.1) is 30.9 Å². The molecule has 250 valence electrons. The maximum absolute atomic E-state index is 16.3. The molecule has 1 aliphatic carbocycles. The van der Waals surface area contributed by atoms with Gasteiger partial charge in [-0.25, -0.2) is 9.18 Å². The summed E-state index contributed by atoms with van der Waals surface area (Å²) in [5.41, 5.74) is 10.5. The minimum absolute atomic E-state index is 0.0234. The number of hydroxylamine groups is 2. The molecule has 8 atom stereocenters. The number of nitrogens with zero attached hydrogens (tertiary/aromatic N) is 5. The van der Waals surface area contributed by atoms with Gasteiger partial charge in [0.15, 0.2) is 0 Å². The first-order valence-electron chi connectivity index (χ1n) is 15.8. The van der Waals surface area contributed by atoms with Gasteiger partial charge in [-0.15, -0.1) is 0 Å². The molecule has 0 unspecified atom stereocenters. The van der Waals surface area contributed by atoms with E-state index in [4.69, 9.17) is 10.4 Å². The molecule has 2 aromatic rings. The summed E-state index contributed by atoms with van der Waals surface area (Å²) < 4.78 is 16.3. The molecule has 2 aromatic carbocycles. The summed E-state index contributed by atoms with van der Waals surface area (Å²) in [5.74, 6) is -1.92. The highest BCUT2D eigenvalue weighted by atomic mass is 19.1. The number of benzene rings is 2. The lowest BCUT2D eigenvalue weighted by molar-refractivity contribution is -0.174. The zero-order chi connectivity index (χ0) is 34.1. The molecule has 4 rings (SSSR count). The number of aliphatic hydroxyl groups is 1. The molecule has 0 aromatic heterocycles. The molecule has 1 saturated heterocycles. The number of amides is 1. The van der Waals surface area contributed by atoms with E-state index in [0.717, 1.165) is 6.42 Å². The molecule has 2 aliphatic rings. The number of aliphatic hydroxyl groups excluding tert-OH is 1. The predicted molar refractivity (Wildman–Crippen MR) is 174 cm³/mol. The van der Waals surface area contributed by atoms with Crippen LogP contribution in [0.15, 0.2) is 41.5 Å². The van der Waals surface area contributed by atoms with E-state index in [9.17, 15) is 19.8 Å². The molecule has 1 saturated carbocycles. The zero-order valence-corrected chi connectivity index (χ0v) is 27.9. The molecule has 12 heteroatoms. The van der Waals surface area contributed by atoms with Crippen LogP contribution in [0.3, 0.4) is 0 Å². The molecule has 2 fully saturated rings. The summed E-state index contributed by atoms with van der Waals surface area (Å²) in [5, 5.41) is 28.8. The predicted octanol–water partition coefficient (Wildman–Crippen LogP) is 5.87. The number of carboxylic acids is 1. The van der Waals surface area contributed by atoms with Gasteiger partial charge in [-0.3, -0.25) is 9.63 Å². The average molecular weight is 639 g/mol. The molecule has 3 N–H and O–H groups in total. The van der Waals surface area contributed by atoms with Crippen LogP contribution < -0.4 is 10.2 Å². The molecule has 1 heterocycles. The van der Waals surface area contributed by atoms with Crippen LogP contribution in [0.2, 0.25) is 0 Å². The van der Waals surface area contributed by atoms with Gasteiger partial charge in [-0.2, -0.15) is 5.06 Å². The van der Waals surface area contributed by atoms with Crippen LogP contribution in [0.1, 0.15) is 63.9 Å². The van der Waals surface area contributed by atoms with Crippen molar-refractivity contribution in [2.75, 3.05) is 25.5 Å². The summed E-state index contributed by atoms with van der Waals surface area (Å²) in [7, 11) is 3.55. The van der Waals surface area contributed by atoms with E-state index < -0.39 is 36.0 Å². The van der Waals surface area contributed by atoms with Crippen molar-refractivity contribution < 1.29 is 29.0 Å². The smallest absolute Gasteiger partial charge is 0.335 e. The number of anilines is 1. The van der Waals surface area contributed by atoms with Gasteiger partial charge in [-0.1, -0.05) is 57.9 Å². The summed E-state index contributed by atoms with van der Waals surface area (Å²) in [6.45, 7) is 12.4. The fourth-order valence-corrected chi connectivity index (χ4v) is 7.07. The highest BCUT2D eigenvalue weighted by Crippen LogP contribution is 2.47. The highest BCUT2D eigenvalue weighted by molar-refractivity contribution is 5.91. The number of hydrogen-bond donors (Lipinski definition) is 3. The molecule has 1 amide bonds. The number of rotatable bonds is 10. The first kappa shape index (κ1) is 35.2. The molecule has 0 bridgehead atoms. The number of halogens is 1. The monoisotopic (exact) mass is 638 g/mol. The van der Waals surface area contributed by atoms with Crippen molar-refractivity contribution in [2.45, 2.75) is 78.8 Å². The molecule has 0 radical (unpaired) electrons. The molecule has 0 spiro atoms. The lowest BCUT2D eigenvalue weighted by atomic mass is 9.58. The number of azide groups is 1. The summed E-state index contributed by atoms with van der Waals surface area (Å²) in [4.78, 5) is 36.7. The van der Waals surface area contributed by atoms with Crippen LogP contribution in [-0.4, -0.2) is 72.1 Å². The number of nitrogens with one attached hydrogen (secondary N) is 1. The van der Waals surface area contributed by atoms with Crippen molar-refractivity contribution >= 4 is 17.6 Å². The minimum Gasteiger partial charge on any atom is -0.478 e. The quantitative estimate of drug-likeness (QED) is 0.167. The standard InChI is InChI=1S/C34H47FN6O5/c1-18-12-27(19(2)20(3)34(18,5)6)38-32(43)31-29(21(4)42)28(16-37-39-36)46-41(31)17-22-10-9-11-26(30(22)35)23-13-24(33(44)45)15-25(14-23)40(7)8/h9-11,13-15,18-21,27-29,31,42H,12,16-17H2,1-8H3,(H,38,43)(H,44,45)/t18-,19+,20+,21+,27+,28+,29-,31+/m1/s1. The lowest BCUT2D eigenvalue weighted by Gasteiger charge is -2.50. The largest absolute Gasteiger partial charge is 0.478 e. The van der Waals surface area contributed by atoms with Crippen LogP contribution >= 0.6 is 0 Å². The Morgan fingerprint density at radius 1 is 1.24 bits per heavy atom. The van der Waals surface area contributed by atoms with Gasteiger partial charge in [0.1, 0.15) is 11.9 Å². The van der Waals surface area contributed by atoms with Crippen molar-refractivity contribution in [3.05, 3.63) is 63.8 Å². The summed E-state index contributed by atoms with van der Waals surface area (Å²) in [6, 6.07) is 8.38. The molecular formula is C34H47FN6O5. The molecule has 1 aliphatic heterocycles. The van der Waals surface area contributed by atoms with Gasteiger partial charge in [-0.05, 0) is 65.8 Å². The Morgan fingerprint density at radius 2 is 1.93 bits per heavy atom. The van der Waals surface area contributed by atoms with Crippen LogP contribution in [0.5, 0.6) is 0 Å². The first-order valence-corrected chi connectivity index (χ1v) is 15.8. The SMILES string of the molecule is C[C@@H]1[C@@H](NC(=O)[C@@H]2[C@H]([C@H](C)O)[C@H](CN=[N+]=[N-])ON2Cc2cccc(-c3cc(C(=O)O)cc(N(C)C)c3)c2F)C[C@@H](C)C(C)(C)[C@H]1C. The minimum atomic E-state index is -1.13. The van der Waals surface area contributed by atoms with Crippen molar-refractivity contribution in [3.63, 3.8) is 0 Å². The second-order valence-corrected chi connectivity index (χ2v) is 13.9. The van der Waals surface area contributed by atoms with Crippen molar-refractivity contribution in [1.29, 1.82) is 0 Å². The summed E-state index contributed by atoms with van der Waals surface area (Å²) in [6.07, 6.45) is -1.02. The Labute approximate surface area is 270 Å². The van der Waals surface area contributed by atoms with E-state index in [1.807, 2.05) is 0 Å². The van der Waals surface area contributed by atoms with Crippen molar-refractivity contribution in [2.24, 2.45) is 34.2 Å².